The van der Waals surface area contributed by atoms with Gasteiger partial charge in [0.15, 0.2) is 0 Å². The number of ether oxygens (including phenoxy) is 2. The topological polar surface area (TPSA) is 43.4 Å². The molecule has 1 aromatic heterocycles. The Kier molecular flexibility index (Phi) is 2.48. The Morgan fingerprint density at radius 2 is 2.53 bits per heavy atom. The van der Waals surface area contributed by atoms with Crippen molar-refractivity contribution in [2.75, 3.05) is 26.4 Å². The molecule has 2 aliphatic rings. The van der Waals surface area contributed by atoms with Crippen LogP contribution in [0.25, 0.3) is 0 Å². The van der Waals surface area contributed by atoms with Crippen LogP contribution >= 0.6 is 11.3 Å². The van der Waals surface area contributed by atoms with E-state index in [1.54, 1.807) is 11.3 Å². The summed E-state index contributed by atoms with van der Waals surface area (Å²) in [6.45, 7) is 3.14. The minimum atomic E-state index is -0.171. The van der Waals surface area contributed by atoms with Crippen molar-refractivity contribution in [3.63, 3.8) is 0 Å². The molecule has 0 radical (unpaired) electrons. The molecular formula is C10H14N2O2S. The lowest BCUT2D eigenvalue weighted by atomic mass is 9.92. The van der Waals surface area contributed by atoms with Gasteiger partial charge in [0, 0.05) is 31.1 Å². The first-order chi connectivity index (χ1) is 7.41. The number of rotatable bonds is 1. The van der Waals surface area contributed by atoms with Crippen molar-refractivity contribution in [1.29, 1.82) is 0 Å². The maximum Gasteiger partial charge on any atom is 0.115 e. The second-order valence-electron chi connectivity index (χ2n) is 3.97. The van der Waals surface area contributed by atoms with Gasteiger partial charge in [0.05, 0.1) is 19.3 Å². The molecular weight excluding hydrogens is 212 g/mol. The van der Waals surface area contributed by atoms with Crippen LogP contribution in [0.5, 0.6) is 0 Å². The van der Waals surface area contributed by atoms with E-state index in [1.165, 1.54) is 0 Å². The summed E-state index contributed by atoms with van der Waals surface area (Å²) in [5, 5.41) is 6.62. The summed E-state index contributed by atoms with van der Waals surface area (Å²) in [5.74, 6) is 0. The number of aromatic nitrogens is 1. The molecule has 0 saturated carbocycles. The molecule has 2 unspecified atom stereocenters. The standard InChI is InChI=1S/C10H14N2O2S/c1-4-13-7-10(1)8(11-2-5-14-10)9-12-3-6-15-9/h3,6,8,11H,1-2,4-5,7H2. The predicted molar refractivity (Wildman–Crippen MR) is 57.0 cm³/mol. The average Bonchev–Trinajstić information content (AvgIpc) is 2.90. The first kappa shape index (κ1) is 9.72. The van der Waals surface area contributed by atoms with Gasteiger partial charge >= 0.3 is 0 Å². The van der Waals surface area contributed by atoms with Gasteiger partial charge in [-0.1, -0.05) is 0 Å². The van der Waals surface area contributed by atoms with Crippen molar-refractivity contribution in [3.05, 3.63) is 16.6 Å². The first-order valence-electron chi connectivity index (χ1n) is 5.25. The second kappa shape index (κ2) is 3.83. The van der Waals surface area contributed by atoms with E-state index in [0.717, 1.165) is 31.2 Å². The van der Waals surface area contributed by atoms with Crippen LogP contribution < -0.4 is 5.32 Å². The molecule has 0 aliphatic carbocycles. The van der Waals surface area contributed by atoms with Crippen molar-refractivity contribution in [1.82, 2.24) is 10.3 Å². The highest BCUT2D eigenvalue weighted by Crippen LogP contribution is 2.38. The van der Waals surface area contributed by atoms with Crippen LogP contribution in [0.3, 0.4) is 0 Å². The molecule has 5 heteroatoms. The van der Waals surface area contributed by atoms with Gasteiger partial charge in [0.25, 0.3) is 0 Å². The van der Waals surface area contributed by atoms with Crippen LogP contribution in [0.2, 0.25) is 0 Å². The molecule has 1 spiro atoms. The monoisotopic (exact) mass is 226 g/mol. The van der Waals surface area contributed by atoms with Crippen molar-refractivity contribution >= 4 is 11.3 Å². The number of nitrogens with one attached hydrogen (secondary N) is 1. The third kappa shape index (κ3) is 1.59. The molecule has 0 bridgehead atoms. The zero-order chi connectivity index (χ0) is 10.1. The van der Waals surface area contributed by atoms with Gasteiger partial charge < -0.3 is 14.8 Å². The number of thiazole rings is 1. The number of morpholine rings is 1. The summed E-state index contributed by atoms with van der Waals surface area (Å²) in [6, 6.07) is 0.203. The molecule has 2 saturated heterocycles. The smallest absolute Gasteiger partial charge is 0.115 e. The molecule has 2 aliphatic heterocycles. The van der Waals surface area contributed by atoms with E-state index >= 15 is 0 Å². The van der Waals surface area contributed by atoms with Crippen LogP contribution in [0.1, 0.15) is 17.5 Å². The lowest BCUT2D eigenvalue weighted by molar-refractivity contribution is -0.0989. The third-order valence-corrected chi connectivity index (χ3v) is 3.92. The van der Waals surface area contributed by atoms with Gasteiger partial charge in [-0.05, 0) is 0 Å². The summed E-state index contributed by atoms with van der Waals surface area (Å²) in [5.41, 5.74) is -0.171. The third-order valence-electron chi connectivity index (χ3n) is 3.08. The van der Waals surface area contributed by atoms with Crippen molar-refractivity contribution < 1.29 is 9.47 Å². The molecule has 0 amide bonds. The van der Waals surface area contributed by atoms with Crippen LogP contribution in [0, 0.1) is 0 Å². The zero-order valence-corrected chi connectivity index (χ0v) is 9.26. The Morgan fingerprint density at radius 1 is 1.53 bits per heavy atom. The van der Waals surface area contributed by atoms with Crippen molar-refractivity contribution in [2.45, 2.75) is 18.1 Å². The number of nitrogens with zero attached hydrogens (tertiary/aromatic N) is 1. The highest BCUT2D eigenvalue weighted by atomic mass is 32.1. The van der Waals surface area contributed by atoms with Crippen molar-refractivity contribution in [2.24, 2.45) is 0 Å². The molecule has 2 fully saturated rings. The second-order valence-corrected chi connectivity index (χ2v) is 4.90. The molecule has 1 aromatic rings. The number of hydrogen-bond acceptors (Lipinski definition) is 5. The van der Waals surface area contributed by atoms with Gasteiger partial charge in [0.1, 0.15) is 10.6 Å². The molecule has 15 heavy (non-hydrogen) atoms. The quantitative estimate of drug-likeness (QED) is 0.774. The van der Waals surface area contributed by atoms with Gasteiger partial charge in [-0.15, -0.1) is 11.3 Å². The largest absolute Gasteiger partial charge is 0.378 e. The van der Waals surface area contributed by atoms with Gasteiger partial charge in [-0.25, -0.2) is 4.98 Å². The molecule has 3 heterocycles. The summed E-state index contributed by atoms with van der Waals surface area (Å²) >= 11 is 1.68. The van der Waals surface area contributed by atoms with E-state index in [0.29, 0.717) is 6.61 Å². The molecule has 0 aromatic carbocycles. The molecule has 4 nitrogen and oxygen atoms in total. The van der Waals surface area contributed by atoms with E-state index in [4.69, 9.17) is 9.47 Å². The fraction of sp³-hybridized carbons (Fsp3) is 0.700. The van der Waals surface area contributed by atoms with Crippen LogP contribution in [-0.4, -0.2) is 37.0 Å². The Bertz CT molecular complexity index is 322. The Morgan fingerprint density at radius 3 is 3.27 bits per heavy atom. The Balaban J connectivity index is 1.90. The van der Waals surface area contributed by atoms with E-state index in [9.17, 15) is 0 Å². The Hall–Kier alpha value is -0.490. The van der Waals surface area contributed by atoms with Gasteiger partial charge in [-0.2, -0.15) is 0 Å². The van der Waals surface area contributed by atoms with Gasteiger partial charge in [0.2, 0.25) is 0 Å². The molecule has 1 N–H and O–H groups in total. The number of hydrogen-bond donors (Lipinski definition) is 1. The molecule has 2 atom stereocenters. The Labute approximate surface area is 92.6 Å². The zero-order valence-electron chi connectivity index (χ0n) is 8.44. The summed E-state index contributed by atoms with van der Waals surface area (Å²) < 4.78 is 11.4. The first-order valence-corrected chi connectivity index (χ1v) is 6.13. The fourth-order valence-electron chi connectivity index (χ4n) is 2.32. The molecule has 3 rings (SSSR count). The van der Waals surface area contributed by atoms with E-state index in [2.05, 4.69) is 10.3 Å². The van der Waals surface area contributed by atoms with E-state index in [1.807, 2.05) is 11.6 Å². The summed E-state index contributed by atoms with van der Waals surface area (Å²) in [6.07, 6.45) is 2.81. The van der Waals surface area contributed by atoms with Crippen LogP contribution in [-0.2, 0) is 9.47 Å². The highest BCUT2D eigenvalue weighted by Gasteiger charge is 2.47. The van der Waals surface area contributed by atoms with Crippen molar-refractivity contribution in [3.8, 4) is 0 Å². The van der Waals surface area contributed by atoms with Crippen LogP contribution in [0.4, 0.5) is 0 Å². The lowest BCUT2D eigenvalue weighted by Crippen LogP contribution is -2.52. The van der Waals surface area contributed by atoms with E-state index in [-0.39, 0.29) is 11.6 Å². The van der Waals surface area contributed by atoms with E-state index < -0.39 is 0 Å². The SMILES string of the molecule is c1csc(C2NCCOC23CCOC3)n1. The average molecular weight is 226 g/mol. The summed E-state index contributed by atoms with van der Waals surface area (Å²) in [4.78, 5) is 4.38. The lowest BCUT2D eigenvalue weighted by Gasteiger charge is -2.39. The normalized spacial score (nSPS) is 36.1. The predicted octanol–water partition coefficient (Wildman–Crippen LogP) is 0.963. The molecule has 82 valence electrons. The maximum atomic E-state index is 5.94. The highest BCUT2D eigenvalue weighted by molar-refractivity contribution is 7.09. The van der Waals surface area contributed by atoms with Crippen LogP contribution in [0.15, 0.2) is 11.6 Å². The minimum Gasteiger partial charge on any atom is -0.378 e. The van der Waals surface area contributed by atoms with Gasteiger partial charge in [-0.3, -0.25) is 0 Å². The minimum absolute atomic E-state index is 0.171. The fourth-order valence-corrected chi connectivity index (χ4v) is 3.14. The summed E-state index contributed by atoms with van der Waals surface area (Å²) in [7, 11) is 0. The maximum absolute atomic E-state index is 5.94.